The Balaban J connectivity index is 1.65. The first kappa shape index (κ1) is 21.0. The average molecular weight is 432 g/mol. The highest BCUT2D eigenvalue weighted by atomic mass is 19.1. The Hall–Kier alpha value is -4.20. The molecule has 7 nitrogen and oxygen atoms in total. The van der Waals surface area contributed by atoms with E-state index in [1.165, 1.54) is 17.0 Å². The monoisotopic (exact) mass is 432 g/mol. The third-order valence-corrected chi connectivity index (χ3v) is 5.01. The second kappa shape index (κ2) is 8.50. The molecule has 8 heteroatoms. The van der Waals surface area contributed by atoms with E-state index in [-0.39, 0.29) is 23.6 Å². The molecule has 0 aliphatic heterocycles. The second-order valence-corrected chi connectivity index (χ2v) is 7.36. The molecule has 2 N–H and O–H groups in total. The van der Waals surface area contributed by atoms with Crippen molar-refractivity contribution in [2.24, 2.45) is 0 Å². The number of amides is 2. The summed E-state index contributed by atoms with van der Waals surface area (Å²) in [5, 5.41) is 2.74. The maximum Gasteiger partial charge on any atom is 0.257 e. The molecular weight excluding hydrogens is 411 g/mol. The summed E-state index contributed by atoms with van der Waals surface area (Å²) in [7, 11) is 4.88. The highest BCUT2D eigenvalue weighted by molar-refractivity contribution is 6.05. The summed E-state index contributed by atoms with van der Waals surface area (Å²) in [5.41, 5.74) is 3.61. The maximum absolute atomic E-state index is 13.3. The van der Waals surface area contributed by atoms with Gasteiger partial charge in [0.05, 0.1) is 7.11 Å². The minimum Gasteiger partial charge on any atom is -0.494 e. The molecule has 0 radical (unpaired) electrons. The van der Waals surface area contributed by atoms with Crippen LogP contribution in [0.15, 0.2) is 60.7 Å². The van der Waals surface area contributed by atoms with Crippen LogP contribution in [0.5, 0.6) is 5.75 Å². The number of halogens is 1. The standard InChI is InChI=1S/C24H21FN4O3/c1-29(2)23(31)16-6-4-15(5-7-16)22(30)28-24-26-20-18(14-8-10-17(25)11-9-14)12-13-19(32-3)21(20)27-24/h4-13H,1-3H3,(H2,26,27,28,30). The van der Waals surface area contributed by atoms with Gasteiger partial charge in [-0.2, -0.15) is 0 Å². The van der Waals surface area contributed by atoms with E-state index < -0.39 is 0 Å². The lowest BCUT2D eigenvalue weighted by Gasteiger charge is -2.10. The van der Waals surface area contributed by atoms with Crippen molar-refractivity contribution in [3.05, 3.63) is 77.6 Å². The molecule has 0 fully saturated rings. The van der Waals surface area contributed by atoms with Crippen LogP contribution in [0.3, 0.4) is 0 Å². The molecule has 4 aromatic rings. The number of carbonyl (C=O) groups excluding carboxylic acids is 2. The van der Waals surface area contributed by atoms with Gasteiger partial charge in [0, 0.05) is 30.8 Å². The Morgan fingerprint density at radius 3 is 2.25 bits per heavy atom. The Morgan fingerprint density at radius 2 is 1.62 bits per heavy atom. The van der Waals surface area contributed by atoms with Gasteiger partial charge in [0.2, 0.25) is 5.95 Å². The van der Waals surface area contributed by atoms with E-state index in [0.29, 0.717) is 27.9 Å². The number of nitrogens with one attached hydrogen (secondary N) is 2. The fourth-order valence-corrected chi connectivity index (χ4v) is 3.36. The van der Waals surface area contributed by atoms with Gasteiger partial charge in [-0.1, -0.05) is 12.1 Å². The predicted octanol–water partition coefficient (Wildman–Crippen LogP) is 4.33. The number of fused-ring (bicyclic) bond motifs is 1. The van der Waals surface area contributed by atoms with Crippen LogP contribution >= 0.6 is 0 Å². The zero-order chi connectivity index (χ0) is 22.8. The van der Waals surface area contributed by atoms with E-state index in [1.807, 2.05) is 6.07 Å². The van der Waals surface area contributed by atoms with Gasteiger partial charge in [0.1, 0.15) is 22.6 Å². The molecule has 0 saturated carbocycles. The van der Waals surface area contributed by atoms with Gasteiger partial charge in [0.15, 0.2) is 0 Å². The summed E-state index contributed by atoms with van der Waals surface area (Å²) in [6.45, 7) is 0. The second-order valence-electron chi connectivity index (χ2n) is 7.36. The van der Waals surface area contributed by atoms with Gasteiger partial charge in [-0.3, -0.25) is 14.9 Å². The number of aromatic nitrogens is 2. The lowest BCUT2D eigenvalue weighted by atomic mass is 10.0. The first-order chi connectivity index (χ1) is 15.4. The number of anilines is 1. The number of hydrogen-bond donors (Lipinski definition) is 2. The molecule has 0 unspecified atom stereocenters. The molecule has 0 bridgehead atoms. The molecule has 0 aliphatic rings. The van der Waals surface area contributed by atoms with Crippen LogP contribution in [0, 0.1) is 5.82 Å². The van der Waals surface area contributed by atoms with Gasteiger partial charge in [-0.05, 0) is 54.1 Å². The third kappa shape index (κ3) is 4.02. The van der Waals surface area contributed by atoms with Crippen molar-refractivity contribution in [3.8, 4) is 16.9 Å². The number of H-pyrrole nitrogens is 1. The minimum atomic E-state index is -0.379. The summed E-state index contributed by atoms with van der Waals surface area (Å²) in [4.78, 5) is 33.8. The summed E-state index contributed by atoms with van der Waals surface area (Å²) in [5.74, 6) is -0.0478. The zero-order valence-corrected chi connectivity index (χ0v) is 17.8. The number of ether oxygens (including phenoxy) is 1. The van der Waals surface area contributed by atoms with E-state index in [4.69, 9.17) is 4.74 Å². The molecule has 0 aliphatic carbocycles. The molecule has 162 valence electrons. The van der Waals surface area contributed by atoms with Crippen LogP contribution in [-0.2, 0) is 0 Å². The van der Waals surface area contributed by atoms with Crippen LogP contribution < -0.4 is 10.1 Å². The number of imidazole rings is 1. The number of carbonyl (C=O) groups is 2. The van der Waals surface area contributed by atoms with Crippen LogP contribution in [0.25, 0.3) is 22.2 Å². The number of aromatic amines is 1. The van der Waals surface area contributed by atoms with Crippen molar-refractivity contribution in [1.29, 1.82) is 0 Å². The van der Waals surface area contributed by atoms with Crippen LogP contribution in [-0.4, -0.2) is 47.9 Å². The van der Waals surface area contributed by atoms with Crippen LogP contribution in [0.2, 0.25) is 0 Å². The molecule has 4 rings (SSSR count). The maximum atomic E-state index is 13.3. The first-order valence-corrected chi connectivity index (χ1v) is 9.83. The Morgan fingerprint density at radius 1 is 0.969 bits per heavy atom. The summed E-state index contributed by atoms with van der Waals surface area (Å²) >= 11 is 0. The van der Waals surface area contributed by atoms with Gasteiger partial charge >= 0.3 is 0 Å². The van der Waals surface area contributed by atoms with Crippen molar-refractivity contribution in [2.75, 3.05) is 26.5 Å². The SMILES string of the molecule is COc1ccc(-c2ccc(F)cc2)c2nc(NC(=O)c3ccc(C(=O)N(C)C)cc3)[nH]c12. The van der Waals surface area contributed by atoms with E-state index in [1.54, 1.807) is 63.7 Å². The highest BCUT2D eigenvalue weighted by Gasteiger charge is 2.16. The highest BCUT2D eigenvalue weighted by Crippen LogP contribution is 2.34. The topological polar surface area (TPSA) is 87.3 Å². The third-order valence-electron chi connectivity index (χ3n) is 5.01. The number of nitrogens with zero attached hydrogens (tertiary/aromatic N) is 2. The summed E-state index contributed by atoms with van der Waals surface area (Å²) < 4.78 is 18.8. The van der Waals surface area contributed by atoms with Crippen molar-refractivity contribution >= 4 is 28.8 Å². The number of methoxy groups -OCH3 is 1. The molecule has 3 aromatic carbocycles. The van der Waals surface area contributed by atoms with Crippen molar-refractivity contribution in [2.45, 2.75) is 0 Å². The lowest BCUT2D eigenvalue weighted by Crippen LogP contribution is -2.21. The Kier molecular flexibility index (Phi) is 5.59. The smallest absolute Gasteiger partial charge is 0.257 e. The molecule has 1 aromatic heterocycles. The van der Waals surface area contributed by atoms with Crippen molar-refractivity contribution in [1.82, 2.24) is 14.9 Å². The average Bonchev–Trinajstić information content (AvgIpc) is 3.22. The van der Waals surface area contributed by atoms with Gasteiger partial charge < -0.3 is 14.6 Å². The van der Waals surface area contributed by atoms with Crippen molar-refractivity contribution in [3.63, 3.8) is 0 Å². The van der Waals surface area contributed by atoms with Crippen LogP contribution in [0.1, 0.15) is 20.7 Å². The van der Waals surface area contributed by atoms with E-state index in [9.17, 15) is 14.0 Å². The summed E-state index contributed by atoms with van der Waals surface area (Å²) in [6, 6.07) is 16.1. The summed E-state index contributed by atoms with van der Waals surface area (Å²) in [6.07, 6.45) is 0. The number of rotatable bonds is 5. The Bertz CT molecular complexity index is 1300. The van der Waals surface area contributed by atoms with Crippen LogP contribution in [0.4, 0.5) is 10.3 Å². The molecule has 32 heavy (non-hydrogen) atoms. The molecular formula is C24H21FN4O3. The number of hydrogen-bond acceptors (Lipinski definition) is 4. The molecule has 0 atom stereocenters. The molecule has 1 heterocycles. The molecule has 2 amide bonds. The van der Waals surface area contributed by atoms with E-state index in [0.717, 1.165) is 11.1 Å². The molecule has 0 saturated heterocycles. The van der Waals surface area contributed by atoms with E-state index in [2.05, 4.69) is 15.3 Å². The minimum absolute atomic E-state index is 0.144. The quantitative estimate of drug-likeness (QED) is 0.491. The van der Waals surface area contributed by atoms with Gasteiger partial charge in [-0.15, -0.1) is 0 Å². The fraction of sp³-hybridized carbons (Fsp3) is 0.125. The van der Waals surface area contributed by atoms with E-state index >= 15 is 0 Å². The molecule has 0 spiro atoms. The largest absolute Gasteiger partial charge is 0.494 e. The fourth-order valence-electron chi connectivity index (χ4n) is 3.36. The zero-order valence-electron chi connectivity index (χ0n) is 17.8. The Labute approximate surface area is 183 Å². The normalized spacial score (nSPS) is 10.8. The number of benzene rings is 3. The lowest BCUT2D eigenvalue weighted by molar-refractivity contribution is 0.0827. The van der Waals surface area contributed by atoms with Gasteiger partial charge in [0.25, 0.3) is 11.8 Å². The predicted molar refractivity (Wildman–Crippen MR) is 120 cm³/mol. The van der Waals surface area contributed by atoms with Gasteiger partial charge in [-0.25, -0.2) is 9.37 Å². The first-order valence-electron chi connectivity index (χ1n) is 9.83. The van der Waals surface area contributed by atoms with Crippen molar-refractivity contribution < 1.29 is 18.7 Å².